The molecule has 3 rings (SSSR count). The van der Waals surface area contributed by atoms with Crippen molar-refractivity contribution in [2.24, 2.45) is 5.92 Å². The maximum Gasteiger partial charge on any atom is 0.272 e. The second-order valence-corrected chi connectivity index (χ2v) is 5.69. The highest BCUT2D eigenvalue weighted by molar-refractivity contribution is 6.04. The number of fused-ring (bicyclic) bond motifs is 1. The zero-order valence-corrected chi connectivity index (χ0v) is 12.0. The Balaban J connectivity index is 1.66. The minimum Gasteiger partial charge on any atom is -0.350 e. The van der Waals surface area contributed by atoms with Gasteiger partial charge in [-0.15, -0.1) is 0 Å². The fourth-order valence-electron chi connectivity index (χ4n) is 2.77. The lowest BCUT2D eigenvalue weighted by Gasteiger charge is -2.28. The van der Waals surface area contributed by atoms with Gasteiger partial charge in [-0.2, -0.15) is 5.10 Å². The van der Waals surface area contributed by atoms with Crippen LogP contribution in [0.4, 0.5) is 4.39 Å². The Labute approximate surface area is 122 Å². The zero-order valence-electron chi connectivity index (χ0n) is 12.0. The Morgan fingerprint density at radius 3 is 3.00 bits per heavy atom. The Bertz CT molecular complexity index is 646. The molecule has 112 valence electrons. The molecule has 1 amide bonds. The quantitative estimate of drug-likeness (QED) is 0.905. The van der Waals surface area contributed by atoms with Crippen molar-refractivity contribution in [2.75, 3.05) is 26.7 Å². The average molecular weight is 290 g/mol. The molecule has 21 heavy (non-hydrogen) atoms. The molecule has 0 saturated carbocycles. The molecule has 0 unspecified atom stereocenters. The number of amides is 1. The van der Waals surface area contributed by atoms with Gasteiger partial charge in [0.15, 0.2) is 5.69 Å². The first-order chi connectivity index (χ1) is 10.1. The minimum atomic E-state index is -0.394. The van der Waals surface area contributed by atoms with Crippen LogP contribution in [-0.4, -0.2) is 47.7 Å². The van der Waals surface area contributed by atoms with Crippen molar-refractivity contribution in [1.29, 1.82) is 0 Å². The van der Waals surface area contributed by atoms with E-state index in [1.807, 2.05) is 0 Å². The number of para-hydroxylation sites is 1. The zero-order chi connectivity index (χ0) is 14.8. The van der Waals surface area contributed by atoms with E-state index in [2.05, 4.69) is 27.5 Å². The van der Waals surface area contributed by atoms with Gasteiger partial charge < -0.3 is 10.2 Å². The van der Waals surface area contributed by atoms with E-state index < -0.39 is 5.82 Å². The predicted molar refractivity (Wildman–Crippen MR) is 78.6 cm³/mol. The molecule has 1 fully saturated rings. The second-order valence-electron chi connectivity index (χ2n) is 5.69. The largest absolute Gasteiger partial charge is 0.350 e. The van der Waals surface area contributed by atoms with Gasteiger partial charge in [-0.05, 0) is 45.0 Å². The maximum absolute atomic E-state index is 13.6. The molecule has 0 aliphatic carbocycles. The van der Waals surface area contributed by atoms with Crippen molar-refractivity contribution in [2.45, 2.75) is 12.8 Å². The third kappa shape index (κ3) is 2.90. The predicted octanol–water partition coefficient (Wildman–Crippen LogP) is 1.77. The average Bonchev–Trinajstić information content (AvgIpc) is 2.92. The SMILES string of the molecule is CN1CCC(CNC(=O)c2n[nH]c3c(F)cccc23)CC1. The number of piperidine rings is 1. The number of aromatic amines is 1. The molecule has 0 bridgehead atoms. The fraction of sp³-hybridized carbons (Fsp3) is 0.467. The molecule has 1 aliphatic heterocycles. The number of halogens is 1. The number of nitrogens with zero attached hydrogens (tertiary/aromatic N) is 2. The smallest absolute Gasteiger partial charge is 0.272 e. The molecule has 6 heteroatoms. The van der Waals surface area contributed by atoms with E-state index in [0.717, 1.165) is 25.9 Å². The molecule has 2 heterocycles. The summed E-state index contributed by atoms with van der Waals surface area (Å²) in [6, 6.07) is 4.63. The van der Waals surface area contributed by atoms with Crippen LogP contribution in [0.3, 0.4) is 0 Å². The highest BCUT2D eigenvalue weighted by Gasteiger charge is 2.20. The van der Waals surface area contributed by atoms with E-state index in [1.54, 1.807) is 12.1 Å². The van der Waals surface area contributed by atoms with E-state index in [1.165, 1.54) is 6.07 Å². The first kappa shape index (κ1) is 14.0. The van der Waals surface area contributed by atoms with Crippen molar-refractivity contribution < 1.29 is 9.18 Å². The van der Waals surface area contributed by atoms with Crippen LogP contribution in [0.1, 0.15) is 23.3 Å². The van der Waals surface area contributed by atoms with E-state index in [0.29, 0.717) is 17.8 Å². The summed E-state index contributed by atoms with van der Waals surface area (Å²) in [6.07, 6.45) is 2.18. The van der Waals surface area contributed by atoms with Crippen LogP contribution in [-0.2, 0) is 0 Å². The van der Waals surface area contributed by atoms with E-state index in [-0.39, 0.29) is 17.1 Å². The van der Waals surface area contributed by atoms with E-state index in [4.69, 9.17) is 0 Å². The van der Waals surface area contributed by atoms with Crippen molar-refractivity contribution in [3.63, 3.8) is 0 Å². The fourth-order valence-corrected chi connectivity index (χ4v) is 2.77. The van der Waals surface area contributed by atoms with Crippen molar-refractivity contribution in [1.82, 2.24) is 20.4 Å². The Kier molecular flexibility index (Phi) is 3.88. The summed E-state index contributed by atoms with van der Waals surface area (Å²) in [4.78, 5) is 14.5. The van der Waals surface area contributed by atoms with Crippen molar-refractivity contribution in [3.8, 4) is 0 Å². The van der Waals surface area contributed by atoms with Crippen LogP contribution in [0.15, 0.2) is 18.2 Å². The standard InChI is InChI=1S/C15H19FN4O/c1-20-7-5-10(6-8-20)9-17-15(21)14-11-3-2-4-12(16)13(11)18-19-14/h2-4,10H,5-9H2,1H3,(H,17,21)(H,18,19). The highest BCUT2D eigenvalue weighted by Crippen LogP contribution is 2.19. The molecule has 1 aromatic heterocycles. The molecule has 2 N–H and O–H groups in total. The van der Waals surface area contributed by atoms with Crippen LogP contribution < -0.4 is 5.32 Å². The third-order valence-corrected chi connectivity index (χ3v) is 4.15. The van der Waals surface area contributed by atoms with E-state index in [9.17, 15) is 9.18 Å². The van der Waals surface area contributed by atoms with Gasteiger partial charge in [0.25, 0.3) is 5.91 Å². The topological polar surface area (TPSA) is 61.0 Å². The van der Waals surface area contributed by atoms with Gasteiger partial charge in [0.2, 0.25) is 0 Å². The van der Waals surface area contributed by atoms with Crippen LogP contribution in [0.5, 0.6) is 0 Å². The van der Waals surface area contributed by atoms with Gasteiger partial charge in [-0.25, -0.2) is 4.39 Å². The molecule has 1 aliphatic rings. The van der Waals surface area contributed by atoms with Gasteiger partial charge >= 0.3 is 0 Å². The van der Waals surface area contributed by atoms with Crippen LogP contribution >= 0.6 is 0 Å². The number of hydrogen-bond donors (Lipinski definition) is 2. The van der Waals surface area contributed by atoms with Gasteiger partial charge in [0, 0.05) is 11.9 Å². The number of rotatable bonds is 3. The Hall–Kier alpha value is -1.95. The van der Waals surface area contributed by atoms with Crippen molar-refractivity contribution >= 4 is 16.8 Å². The van der Waals surface area contributed by atoms with Gasteiger partial charge in [-0.1, -0.05) is 12.1 Å². The molecule has 2 aromatic rings. The number of likely N-dealkylation sites (tertiary alicyclic amines) is 1. The lowest BCUT2D eigenvalue weighted by molar-refractivity contribution is 0.0935. The number of nitrogens with one attached hydrogen (secondary N) is 2. The van der Waals surface area contributed by atoms with Crippen molar-refractivity contribution in [3.05, 3.63) is 29.7 Å². The summed E-state index contributed by atoms with van der Waals surface area (Å²) >= 11 is 0. The Morgan fingerprint density at radius 2 is 2.24 bits per heavy atom. The number of hydrogen-bond acceptors (Lipinski definition) is 3. The first-order valence-electron chi connectivity index (χ1n) is 7.24. The molecule has 5 nitrogen and oxygen atoms in total. The molecule has 0 spiro atoms. The van der Waals surface area contributed by atoms with Gasteiger partial charge in [-0.3, -0.25) is 9.89 Å². The van der Waals surface area contributed by atoms with E-state index >= 15 is 0 Å². The van der Waals surface area contributed by atoms with Gasteiger partial charge in [0.1, 0.15) is 11.3 Å². The first-order valence-corrected chi connectivity index (χ1v) is 7.24. The molecular weight excluding hydrogens is 271 g/mol. The summed E-state index contributed by atoms with van der Waals surface area (Å²) in [5, 5.41) is 9.98. The summed E-state index contributed by atoms with van der Waals surface area (Å²) in [6.45, 7) is 2.78. The summed E-state index contributed by atoms with van der Waals surface area (Å²) in [5.41, 5.74) is 0.541. The minimum absolute atomic E-state index is 0.245. The van der Waals surface area contributed by atoms with Crippen LogP contribution in [0.25, 0.3) is 10.9 Å². The Morgan fingerprint density at radius 1 is 1.48 bits per heavy atom. The van der Waals surface area contributed by atoms with Gasteiger partial charge in [0.05, 0.1) is 0 Å². The lowest BCUT2D eigenvalue weighted by Crippen LogP contribution is -2.37. The number of benzene rings is 1. The van der Waals surface area contributed by atoms with Crippen LogP contribution in [0.2, 0.25) is 0 Å². The lowest BCUT2D eigenvalue weighted by atomic mass is 9.97. The number of carbonyl (C=O) groups is 1. The number of H-pyrrole nitrogens is 1. The molecule has 0 atom stereocenters. The number of carbonyl (C=O) groups excluding carboxylic acids is 1. The summed E-state index contributed by atoms with van der Waals surface area (Å²) < 4.78 is 13.6. The highest BCUT2D eigenvalue weighted by atomic mass is 19.1. The molecule has 0 radical (unpaired) electrons. The molecule has 1 saturated heterocycles. The third-order valence-electron chi connectivity index (χ3n) is 4.15. The summed E-state index contributed by atoms with van der Waals surface area (Å²) in [5.74, 6) is -0.132. The van der Waals surface area contributed by atoms with Crippen LogP contribution in [0, 0.1) is 11.7 Å². The monoisotopic (exact) mass is 290 g/mol. The second kappa shape index (κ2) is 5.81. The summed E-state index contributed by atoms with van der Waals surface area (Å²) in [7, 11) is 2.11. The molecular formula is C15H19FN4O. The molecule has 1 aromatic carbocycles. The normalized spacial score (nSPS) is 17.2. The number of aromatic nitrogens is 2. The maximum atomic E-state index is 13.6.